The van der Waals surface area contributed by atoms with Gasteiger partial charge in [-0.05, 0) is 24.3 Å². The van der Waals surface area contributed by atoms with Crippen molar-refractivity contribution in [2.24, 2.45) is 0 Å². The maximum atomic E-state index is 10.6. The Morgan fingerprint density at radius 1 is 1.05 bits per heavy atom. The Kier molecular flexibility index (Phi) is 3.74. The van der Waals surface area contributed by atoms with Gasteiger partial charge in [0.1, 0.15) is 11.6 Å². The lowest BCUT2D eigenvalue weighted by atomic mass is 10.1. The zero-order valence-corrected chi connectivity index (χ0v) is 11.5. The van der Waals surface area contributed by atoms with Crippen LogP contribution >= 0.6 is 8.46 Å². The fourth-order valence-corrected chi connectivity index (χ4v) is 2.21. The standard InChI is InChI=1S/C13H11BN4OP/c19-20-10-11-4-3-6-13(16-11)18-9-8-17(14-18)12-5-1-2-7-15-12/h1-9H,10H2. The Morgan fingerprint density at radius 3 is 2.60 bits per heavy atom. The molecule has 3 heterocycles. The van der Waals surface area contributed by atoms with E-state index in [1.165, 1.54) is 0 Å². The smallest absolute Gasteiger partial charge is 0.358 e. The Balaban J connectivity index is 1.76. The SMILES string of the molecule is O=PCc1cccc(N2[B]N(c3ccccn3)C=C2)n1. The van der Waals surface area contributed by atoms with Crippen molar-refractivity contribution in [3.8, 4) is 0 Å². The first-order chi connectivity index (χ1) is 9.86. The summed E-state index contributed by atoms with van der Waals surface area (Å²) in [5.41, 5.74) is 0.803. The second-order valence-electron chi connectivity index (χ2n) is 4.19. The molecule has 0 atom stereocenters. The minimum Gasteiger partial charge on any atom is -0.358 e. The molecule has 2 aromatic rings. The molecule has 3 rings (SSSR count). The molecule has 0 amide bonds. The van der Waals surface area contributed by atoms with Gasteiger partial charge in [-0.15, -0.1) is 0 Å². The largest absolute Gasteiger partial charge is 0.402 e. The third-order valence-corrected chi connectivity index (χ3v) is 3.29. The van der Waals surface area contributed by atoms with Gasteiger partial charge in [0.25, 0.3) is 0 Å². The molecule has 20 heavy (non-hydrogen) atoms. The van der Waals surface area contributed by atoms with Gasteiger partial charge in [-0.25, -0.2) is 9.97 Å². The van der Waals surface area contributed by atoms with Gasteiger partial charge in [0.2, 0.25) is 0 Å². The van der Waals surface area contributed by atoms with Gasteiger partial charge in [-0.3, -0.25) is 4.57 Å². The normalized spacial score (nSPS) is 13.8. The highest BCUT2D eigenvalue weighted by atomic mass is 31.1. The van der Waals surface area contributed by atoms with Crippen LogP contribution in [0.1, 0.15) is 5.69 Å². The Bertz CT molecular complexity index is 637. The molecule has 0 unspecified atom stereocenters. The highest BCUT2D eigenvalue weighted by Crippen LogP contribution is 2.20. The average molecular weight is 281 g/mol. The molecule has 0 bridgehead atoms. The molecule has 5 nitrogen and oxygen atoms in total. The third kappa shape index (κ3) is 2.70. The summed E-state index contributed by atoms with van der Waals surface area (Å²) >= 11 is 0. The van der Waals surface area contributed by atoms with Crippen molar-refractivity contribution in [3.63, 3.8) is 0 Å². The molecular formula is C13H11BN4OP. The van der Waals surface area contributed by atoms with Crippen LogP contribution in [0.3, 0.4) is 0 Å². The lowest BCUT2D eigenvalue weighted by Crippen LogP contribution is -2.30. The Labute approximate surface area is 119 Å². The van der Waals surface area contributed by atoms with Crippen molar-refractivity contribution in [1.29, 1.82) is 0 Å². The van der Waals surface area contributed by atoms with Crippen LogP contribution in [-0.2, 0) is 10.7 Å². The fourth-order valence-electron chi connectivity index (χ4n) is 1.90. The van der Waals surface area contributed by atoms with Crippen molar-refractivity contribution < 1.29 is 4.57 Å². The first-order valence-electron chi connectivity index (χ1n) is 6.13. The van der Waals surface area contributed by atoms with Crippen LogP contribution in [0.15, 0.2) is 55.0 Å². The summed E-state index contributed by atoms with van der Waals surface area (Å²) in [5, 5.41) is 0. The van der Waals surface area contributed by atoms with E-state index >= 15 is 0 Å². The maximum absolute atomic E-state index is 10.6. The summed E-state index contributed by atoms with van der Waals surface area (Å²) in [5.74, 6) is 1.64. The Hall–Kier alpha value is -2.20. The zero-order valence-electron chi connectivity index (χ0n) is 10.6. The minimum atomic E-state index is 0.0794. The molecule has 7 heteroatoms. The summed E-state index contributed by atoms with van der Waals surface area (Å²) in [6, 6.07) is 11.4. The summed E-state index contributed by atoms with van der Waals surface area (Å²) in [7, 11) is 1.99. The highest BCUT2D eigenvalue weighted by molar-refractivity contribution is 7.22. The summed E-state index contributed by atoms with van der Waals surface area (Å²) in [6.45, 7) is 0. The van der Waals surface area contributed by atoms with Gasteiger partial charge in [0.15, 0.2) is 8.46 Å². The average Bonchev–Trinajstić information content (AvgIpc) is 2.99. The van der Waals surface area contributed by atoms with E-state index in [0.29, 0.717) is 6.16 Å². The molecular weight excluding hydrogens is 270 g/mol. The minimum absolute atomic E-state index is 0.0794. The molecule has 0 fully saturated rings. The van der Waals surface area contributed by atoms with E-state index in [0.717, 1.165) is 17.3 Å². The number of nitrogens with zero attached hydrogens (tertiary/aromatic N) is 4. The summed E-state index contributed by atoms with van der Waals surface area (Å²) in [4.78, 5) is 12.6. The molecule has 0 N–H and O–H groups in total. The molecule has 1 radical (unpaired) electrons. The van der Waals surface area contributed by atoms with E-state index in [1.807, 2.05) is 66.0 Å². The topological polar surface area (TPSA) is 49.3 Å². The zero-order chi connectivity index (χ0) is 13.8. The quantitative estimate of drug-likeness (QED) is 0.636. The van der Waals surface area contributed by atoms with Gasteiger partial charge in [0.05, 0.1) is 11.9 Å². The molecule has 1 aliphatic rings. The summed E-state index contributed by atoms with van der Waals surface area (Å²) < 4.78 is 10.6. The van der Waals surface area contributed by atoms with E-state index in [4.69, 9.17) is 0 Å². The first kappa shape index (κ1) is 12.8. The van der Waals surface area contributed by atoms with Gasteiger partial charge < -0.3 is 9.62 Å². The summed E-state index contributed by atoms with van der Waals surface area (Å²) in [6.07, 6.45) is 6.01. The highest BCUT2D eigenvalue weighted by Gasteiger charge is 2.20. The lowest BCUT2D eigenvalue weighted by molar-refractivity contribution is 0.598. The van der Waals surface area contributed by atoms with Gasteiger partial charge >= 0.3 is 7.55 Å². The Morgan fingerprint density at radius 2 is 1.85 bits per heavy atom. The predicted octanol–water partition coefficient (Wildman–Crippen LogP) is 2.60. The molecule has 0 saturated carbocycles. The van der Waals surface area contributed by atoms with Crippen LogP contribution in [0, 0.1) is 0 Å². The third-order valence-electron chi connectivity index (χ3n) is 2.83. The van der Waals surface area contributed by atoms with Crippen LogP contribution in [0.5, 0.6) is 0 Å². The van der Waals surface area contributed by atoms with Crippen molar-refractivity contribution >= 4 is 27.6 Å². The van der Waals surface area contributed by atoms with Gasteiger partial charge in [-0.1, -0.05) is 12.1 Å². The van der Waals surface area contributed by atoms with Crippen molar-refractivity contribution in [1.82, 2.24) is 9.97 Å². The van der Waals surface area contributed by atoms with E-state index in [9.17, 15) is 4.57 Å². The van der Waals surface area contributed by atoms with Crippen LogP contribution in [-0.4, -0.2) is 17.5 Å². The predicted molar refractivity (Wildman–Crippen MR) is 79.6 cm³/mol. The number of hydrogen-bond acceptors (Lipinski definition) is 5. The lowest BCUT2D eigenvalue weighted by Gasteiger charge is -2.18. The van der Waals surface area contributed by atoms with E-state index in [1.54, 1.807) is 6.20 Å². The molecule has 1 aliphatic heterocycles. The van der Waals surface area contributed by atoms with Crippen molar-refractivity contribution in [2.45, 2.75) is 6.16 Å². The van der Waals surface area contributed by atoms with Crippen molar-refractivity contribution in [2.75, 3.05) is 9.62 Å². The molecule has 0 aliphatic carbocycles. The monoisotopic (exact) mass is 281 g/mol. The number of anilines is 2. The van der Waals surface area contributed by atoms with Crippen LogP contribution in [0.2, 0.25) is 0 Å². The van der Waals surface area contributed by atoms with Crippen LogP contribution in [0.4, 0.5) is 11.6 Å². The van der Waals surface area contributed by atoms with Crippen molar-refractivity contribution in [3.05, 3.63) is 60.7 Å². The number of hydrogen-bond donors (Lipinski definition) is 0. The van der Waals surface area contributed by atoms with Crippen LogP contribution < -0.4 is 9.62 Å². The van der Waals surface area contributed by atoms with Gasteiger partial charge in [0, 0.05) is 18.6 Å². The fraction of sp³-hybridized carbons (Fsp3) is 0.0769. The van der Waals surface area contributed by atoms with E-state index < -0.39 is 0 Å². The number of rotatable bonds is 4. The van der Waals surface area contributed by atoms with E-state index in [-0.39, 0.29) is 8.46 Å². The second-order valence-corrected chi connectivity index (χ2v) is 4.76. The maximum Gasteiger partial charge on any atom is 0.402 e. The molecule has 0 aromatic carbocycles. The van der Waals surface area contributed by atoms with E-state index in [2.05, 4.69) is 9.97 Å². The molecule has 0 saturated heterocycles. The number of pyridine rings is 2. The van der Waals surface area contributed by atoms with Gasteiger partial charge in [-0.2, -0.15) is 0 Å². The second kappa shape index (κ2) is 5.84. The molecule has 0 spiro atoms. The molecule has 97 valence electrons. The van der Waals surface area contributed by atoms with Crippen LogP contribution in [0.25, 0.3) is 0 Å². The number of aromatic nitrogens is 2. The first-order valence-corrected chi connectivity index (χ1v) is 7.13. The molecule has 2 aromatic heterocycles.